The Labute approximate surface area is 114 Å². The van der Waals surface area contributed by atoms with Gasteiger partial charge in [-0.15, -0.1) is 0 Å². The van der Waals surface area contributed by atoms with Crippen molar-refractivity contribution in [1.29, 1.82) is 0 Å². The SMILES string of the molecule is CCCCCCCCNCC1(CC)CCNCC1. The van der Waals surface area contributed by atoms with Gasteiger partial charge in [0.15, 0.2) is 0 Å². The first kappa shape index (κ1) is 16.0. The minimum Gasteiger partial charge on any atom is -0.317 e. The van der Waals surface area contributed by atoms with Crippen molar-refractivity contribution in [3.63, 3.8) is 0 Å². The van der Waals surface area contributed by atoms with Crippen molar-refractivity contribution in [3.8, 4) is 0 Å². The molecule has 0 radical (unpaired) electrons. The molecule has 0 atom stereocenters. The van der Waals surface area contributed by atoms with Crippen LogP contribution in [0, 0.1) is 5.41 Å². The van der Waals surface area contributed by atoms with Crippen molar-refractivity contribution in [1.82, 2.24) is 10.6 Å². The third kappa shape index (κ3) is 6.19. The minimum absolute atomic E-state index is 0.591. The molecule has 2 nitrogen and oxygen atoms in total. The van der Waals surface area contributed by atoms with Gasteiger partial charge in [0.05, 0.1) is 0 Å². The molecule has 0 bridgehead atoms. The van der Waals surface area contributed by atoms with Crippen molar-refractivity contribution in [2.24, 2.45) is 5.41 Å². The molecule has 0 aromatic rings. The molecular formula is C16H34N2. The van der Waals surface area contributed by atoms with E-state index in [1.807, 2.05) is 0 Å². The molecule has 1 aliphatic heterocycles. The van der Waals surface area contributed by atoms with Crippen LogP contribution in [0.3, 0.4) is 0 Å². The summed E-state index contributed by atoms with van der Waals surface area (Å²) in [6.07, 6.45) is 12.4. The normalized spacial score (nSPS) is 19.0. The maximum absolute atomic E-state index is 3.71. The molecule has 0 aliphatic carbocycles. The van der Waals surface area contributed by atoms with Crippen molar-refractivity contribution in [2.75, 3.05) is 26.2 Å². The Morgan fingerprint density at radius 2 is 1.61 bits per heavy atom. The maximum atomic E-state index is 3.71. The summed E-state index contributed by atoms with van der Waals surface area (Å²) < 4.78 is 0. The van der Waals surface area contributed by atoms with Crippen LogP contribution in [-0.2, 0) is 0 Å². The van der Waals surface area contributed by atoms with Gasteiger partial charge in [-0.25, -0.2) is 0 Å². The predicted molar refractivity (Wildman–Crippen MR) is 81.1 cm³/mol. The molecule has 1 fully saturated rings. The number of unbranched alkanes of at least 4 members (excludes halogenated alkanes) is 5. The molecular weight excluding hydrogens is 220 g/mol. The average molecular weight is 254 g/mol. The maximum Gasteiger partial charge on any atom is 0.000866 e. The van der Waals surface area contributed by atoms with Crippen LogP contribution in [0.25, 0.3) is 0 Å². The highest BCUT2D eigenvalue weighted by Gasteiger charge is 2.29. The van der Waals surface area contributed by atoms with Gasteiger partial charge in [-0.05, 0) is 50.7 Å². The first-order valence-corrected chi connectivity index (χ1v) is 8.24. The summed E-state index contributed by atoms with van der Waals surface area (Å²) >= 11 is 0. The third-order valence-electron chi connectivity index (χ3n) is 4.62. The first-order valence-electron chi connectivity index (χ1n) is 8.24. The van der Waals surface area contributed by atoms with E-state index in [0.29, 0.717) is 5.41 Å². The average Bonchev–Trinajstić information content (AvgIpc) is 2.43. The van der Waals surface area contributed by atoms with Crippen LogP contribution in [0.5, 0.6) is 0 Å². The summed E-state index contributed by atoms with van der Waals surface area (Å²) in [5, 5.41) is 7.19. The van der Waals surface area contributed by atoms with Gasteiger partial charge in [0, 0.05) is 6.54 Å². The lowest BCUT2D eigenvalue weighted by atomic mass is 9.76. The fourth-order valence-electron chi connectivity index (χ4n) is 3.00. The van der Waals surface area contributed by atoms with Crippen LogP contribution in [0.2, 0.25) is 0 Å². The molecule has 108 valence electrons. The summed E-state index contributed by atoms with van der Waals surface area (Å²) in [5.74, 6) is 0. The number of nitrogens with one attached hydrogen (secondary N) is 2. The fraction of sp³-hybridized carbons (Fsp3) is 1.00. The Bertz CT molecular complexity index is 186. The standard InChI is InChI=1S/C16H34N2/c1-3-5-6-7-8-9-12-18-15-16(4-2)10-13-17-14-11-16/h17-18H,3-15H2,1-2H3. The zero-order valence-corrected chi connectivity index (χ0v) is 12.7. The van der Waals surface area contributed by atoms with Crippen molar-refractivity contribution < 1.29 is 0 Å². The highest BCUT2D eigenvalue weighted by Crippen LogP contribution is 2.31. The monoisotopic (exact) mass is 254 g/mol. The molecule has 0 aromatic carbocycles. The Kier molecular flexibility index (Phi) is 8.70. The minimum atomic E-state index is 0.591. The number of rotatable bonds is 10. The Balaban J connectivity index is 1.98. The summed E-state index contributed by atoms with van der Waals surface area (Å²) in [7, 11) is 0. The Morgan fingerprint density at radius 1 is 0.944 bits per heavy atom. The largest absolute Gasteiger partial charge is 0.317 e. The number of piperidine rings is 1. The molecule has 1 aliphatic rings. The van der Waals surface area contributed by atoms with Crippen LogP contribution in [0.4, 0.5) is 0 Å². The highest BCUT2D eigenvalue weighted by atomic mass is 14.9. The van der Waals surface area contributed by atoms with Gasteiger partial charge in [-0.1, -0.05) is 46.0 Å². The zero-order chi connectivity index (χ0) is 13.1. The van der Waals surface area contributed by atoms with Gasteiger partial charge >= 0.3 is 0 Å². The second kappa shape index (κ2) is 9.80. The van der Waals surface area contributed by atoms with Crippen LogP contribution in [0.1, 0.15) is 71.6 Å². The van der Waals surface area contributed by atoms with Crippen molar-refractivity contribution in [3.05, 3.63) is 0 Å². The summed E-state index contributed by atoms with van der Waals surface area (Å²) in [5.41, 5.74) is 0.591. The smallest absolute Gasteiger partial charge is 0.000866 e. The van der Waals surface area contributed by atoms with Crippen LogP contribution in [0.15, 0.2) is 0 Å². The van der Waals surface area contributed by atoms with E-state index in [2.05, 4.69) is 24.5 Å². The molecule has 0 spiro atoms. The molecule has 1 heterocycles. The van der Waals surface area contributed by atoms with Crippen molar-refractivity contribution >= 4 is 0 Å². The molecule has 0 amide bonds. The topological polar surface area (TPSA) is 24.1 Å². The lowest BCUT2D eigenvalue weighted by Crippen LogP contribution is -2.43. The number of hydrogen-bond donors (Lipinski definition) is 2. The Hall–Kier alpha value is -0.0800. The van der Waals surface area contributed by atoms with E-state index in [-0.39, 0.29) is 0 Å². The van der Waals surface area contributed by atoms with E-state index in [1.54, 1.807) is 0 Å². The molecule has 18 heavy (non-hydrogen) atoms. The molecule has 2 N–H and O–H groups in total. The summed E-state index contributed by atoms with van der Waals surface area (Å²) in [6, 6.07) is 0. The van der Waals surface area contributed by atoms with E-state index >= 15 is 0 Å². The van der Waals surface area contributed by atoms with Gasteiger partial charge < -0.3 is 10.6 Å². The molecule has 1 rings (SSSR count). The Morgan fingerprint density at radius 3 is 2.28 bits per heavy atom. The summed E-state index contributed by atoms with van der Waals surface area (Å²) in [6.45, 7) is 9.53. The first-order chi connectivity index (χ1) is 8.83. The van der Waals surface area contributed by atoms with Crippen molar-refractivity contribution in [2.45, 2.75) is 71.6 Å². The van der Waals surface area contributed by atoms with Gasteiger partial charge in [0.2, 0.25) is 0 Å². The van der Waals surface area contributed by atoms with E-state index in [9.17, 15) is 0 Å². The van der Waals surface area contributed by atoms with Crippen LogP contribution >= 0.6 is 0 Å². The van der Waals surface area contributed by atoms with Crippen LogP contribution < -0.4 is 10.6 Å². The molecule has 0 unspecified atom stereocenters. The van der Waals surface area contributed by atoms with E-state index in [1.165, 1.54) is 84.0 Å². The third-order valence-corrected chi connectivity index (χ3v) is 4.62. The van der Waals surface area contributed by atoms with Gasteiger partial charge in [-0.2, -0.15) is 0 Å². The molecule has 0 saturated carbocycles. The van der Waals surface area contributed by atoms with Crippen LogP contribution in [-0.4, -0.2) is 26.2 Å². The summed E-state index contributed by atoms with van der Waals surface area (Å²) in [4.78, 5) is 0. The van der Waals surface area contributed by atoms with E-state index < -0.39 is 0 Å². The lowest BCUT2D eigenvalue weighted by molar-refractivity contribution is 0.186. The second-order valence-electron chi connectivity index (χ2n) is 6.05. The molecule has 2 heteroatoms. The second-order valence-corrected chi connectivity index (χ2v) is 6.05. The molecule has 1 saturated heterocycles. The molecule has 0 aromatic heterocycles. The predicted octanol–water partition coefficient (Wildman–Crippen LogP) is 3.72. The van der Waals surface area contributed by atoms with Gasteiger partial charge in [0.1, 0.15) is 0 Å². The van der Waals surface area contributed by atoms with E-state index in [4.69, 9.17) is 0 Å². The fourth-order valence-corrected chi connectivity index (χ4v) is 3.00. The van der Waals surface area contributed by atoms with Gasteiger partial charge in [0.25, 0.3) is 0 Å². The van der Waals surface area contributed by atoms with E-state index in [0.717, 1.165) is 0 Å². The lowest BCUT2D eigenvalue weighted by Gasteiger charge is -2.37. The number of hydrogen-bond acceptors (Lipinski definition) is 2. The van der Waals surface area contributed by atoms with Gasteiger partial charge in [-0.3, -0.25) is 0 Å². The quantitative estimate of drug-likeness (QED) is 0.581. The zero-order valence-electron chi connectivity index (χ0n) is 12.7. The highest BCUT2D eigenvalue weighted by molar-refractivity contribution is 4.85.